The molecule has 1 heterocycles. The average molecular weight is 426 g/mol. The number of rotatable bonds is 8. The molecule has 0 aliphatic heterocycles. The highest BCUT2D eigenvalue weighted by Crippen LogP contribution is 2.33. The number of amides is 1. The van der Waals surface area contributed by atoms with Crippen molar-refractivity contribution in [3.63, 3.8) is 0 Å². The minimum absolute atomic E-state index is 0.0307. The SMILES string of the molecule is COc1ccc(-c2nc(COC(=O)CNC(=O)c3cccc(C)c3)cs2)cc1OC. The van der Waals surface area contributed by atoms with Crippen molar-refractivity contribution >= 4 is 23.2 Å². The Morgan fingerprint density at radius 1 is 1.07 bits per heavy atom. The Kier molecular flexibility index (Phi) is 7.03. The first-order valence-electron chi connectivity index (χ1n) is 9.17. The number of thiazole rings is 1. The molecule has 7 nitrogen and oxygen atoms in total. The van der Waals surface area contributed by atoms with Gasteiger partial charge in [-0.2, -0.15) is 0 Å². The summed E-state index contributed by atoms with van der Waals surface area (Å²) in [5.74, 6) is 0.402. The molecule has 8 heteroatoms. The van der Waals surface area contributed by atoms with E-state index in [9.17, 15) is 9.59 Å². The predicted octanol–water partition coefficient (Wildman–Crippen LogP) is 3.61. The van der Waals surface area contributed by atoms with Crippen molar-refractivity contribution in [3.8, 4) is 22.1 Å². The number of nitrogens with one attached hydrogen (secondary N) is 1. The van der Waals surface area contributed by atoms with Crippen LogP contribution in [-0.2, 0) is 16.1 Å². The maximum absolute atomic E-state index is 12.1. The fraction of sp³-hybridized carbons (Fsp3) is 0.227. The van der Waals surface area contributed by atoms with Crippen molar-refractivity contribution in [1.29, 1.82) is 0 Å². The first-order chi connectivity index (χ1) is 14.5. The fourth-order valence-corrected chi connectivity index (χ4v) is 3.52. The molecule has 156 valence electrons. The van der Waals surface area contributed by atoms with Crippen LogP contribution in [0, 0.1) is 6.92 Å². The number of esters is 1. The second kappa shape index (κ2) is 9.89. The molecule has 0 saturated carbocycles. The van der Waals surface area contributed by atoms with Crippen LogP contribution in [0.1, 0.15) is 21.6 Å². The first-order valence-corrected chi connectivity index (χ1v) is 10.1. The normalized spacial score (nSPS) is 10.4. The highest BCUT2D eigenvalue weighted by atomic mass is 32.1. The second-order valence-electron chi connectivity index (χ2n) is 6.43. The monoisotopic (exact) mass is 426 g/mol. The van der Waals surface area contributed by atoms with Crippen LogP contribution in [0.2, 0.25) is 0 Å². The van der Waals surface area contributed by atoms with Gasteiger partial charge in [0.25, 0.3) is 5.91 Å². The smallest absolute Gasteiger partial charge is 0.325 e. The summed E-state index contributed by atoms with van der Waals surface area (Å²) < 4.78 is 15.8. The van der Waals surface area contributed by atoms with E-state index in [4.69, 9.17) is 14.2 Å². The van der Waals surface area contributed by atoms with Crippen LogP contribution >= 0.6 is 11.3 Å². The molecule has 0 fully saturated rings. The van der Waals surface area contributed by atoms with E-state index in [1.807, 2.05) is 36.6 Å². The molecule has 0 bridgehead atoms. The van der Waals surface area contributed by atoms with Crippen molar-refractivity contribution in [3.05, 3.63) is 64.7 Å². The molecule has 0 saturated heterocycles. The Balaban J connectivity index is 1.52. The standard InChI is InChI=1S/C22H22N2O5S/c1-14-5-4-6-15(9-14)21(26)23-11-20(25)29-12-17-13-30-22(24-17)16-7-8-18(27-2)19(10-16)28-3/h4-10,13H,11-12H2,1-3H3,(H,23,26). The van der Waals surface area contributed by atoms with Crippen molar-refractivity contribution in [2.45, 2.75) is 13.5 Å². The van der Waals surface area contributed by atoms with Crippen LogP contribution < -0.4 is 14.8 Å². The number of carbonyl (C=O) groups excluding carboxylic acids is 2. The third-order valence-corrected chi connectivity index (χ3v) is 5.18. The summed E-state index contributed by atoms with van der Waals surface area (Å²) in [4.78, 5) is 28.5. The van der Waals surface area contributed by atoms with E-state index in [2.05, 4.69) is 10.3 Å². The van der Waals surface area contributed by atoms with Crippen LogP contribution in [0.25, 0.3) is 10.6 Å². The fourth-order valence-electron chi connectivity index (χ4n) is 2.72. The number of nitrogens with zero attached hydrogens (tertiary/aromatic N) is 1. The van der Waals surface area contributed by atoms with Gasteiger partial charge in [0.15, 0.2) is 11.5 Å². The molecule has 3 rings (SSSR count). The molecule has 30 heavy (non-hydrogen) atoms. The molecule has 0 aliphatic rings. The zero-order valence-electron chi connectivity index (χ0n) is 16.9. The summed E-state index contributed by atoms with van der Waals surface area (Å²) >= 11 is 1.44. The van der Waals surface area contributed by atoms with Crippen molar-refractivity contribution in [2.24, 2.45) is 0 Å². The van der Waals surface area contributed by atoms with Gasteiger partial charge in [-0.1, -0.05) is 17.7 Å². The Hall–Kier alpha value is -3.39. The molecule has 0 radical (unpaired) electrons. The number of aromatic nitrogens is 1. The highest BCUT2D eigenvalue weighted by Gasteiger charge is 2.12. The van der Waals surface area contributed by atoms with E-state index in [1.165, 1.54) is 11.3 Å². The maximum atomic E-state index is 12.1. The molecular formula is C22H22N2O5S. The maximum Gasteiger partial charge on any atom is 0.325 e. The number of methoxy groups -OCH3 is 2. The number of ether oxygens (including phenoxy) is 3. The van der Waals surface area contributed by atoms with Gasteiger partial charge in [-0.15, -0.1) is 11.3 Å². The topological polar surface area (TPSA) is 86.8 Å². The number of aryl methyl sites for hydroxylation is 1. The Bertz CT molecular complexity index is 1050. The van der Waals surface area contributed by atoms with E-state index in [1.54, 1.807) is 32.4 Å². The molecule has 0 aliphatic carbocycles. The van der Waals surface area contributed by atoms with E-state index in [0.717, 1.165) is 16.1 Å². The van der Waals surface area contributed by atoms with Gasteiger partial charge >= 0.3 is 5.97 Å². The van der Waals surface area contributed by atoms with Crippen LogP contribution in [-0.4, -0.2) is 37.6 Å². The predicted molar refractivity (Wildman–Crippen MR) is 114 cm³/mol. The van der Waals surface area contributed by atoms with Crippen LogP contribution in [0.4, 0.5) is 0 Å². The van der Waals surface area contributed by atoms with E-state index < -0.39 is 5.97 Å². The third-order valence-electron chi connectivity index (χ3n) is 4.24. The zero-order valence-corrected chi connectivity index (χ0v) is 17.7. The Labute approximate surface area is 178 Å². The number of hydrogen-bond donors (Lipinski definition) is 1. The molecule has 1 amide bonds. The van der Waals surface area contributed by atoms with E-state index in [0.29, 0.717) is 22.8 Å². The van der Waals surface area contributed by atoms with Crippen LogP contribution in [0.15, 0.2) is 47.8 Å². The molecule has 0 unspecified atom stereocenters. The molecule has 1 aromatic heterocycles. The molecule has 2 aromatic carbocycles. The van der Waals surface area contributed by atoms with Crippen molar-refractivity contribution < 1.29 is 23.8 Å². The summed E-state index contributed by atoms with van der Waals surface area (Å²) in [6, 6.07) is 12.7. The zero-order chi connectivity index (χ0) is 21.5. The van der Waals surface area contributed by atoms with Crippen molar-refractivity contribution in [2.75, 3.05) is 20.8 Å². The quantitative estimate of drug-likeness (QED) is 0.554. The summed E-state index contributed by atoms with van der Waals surface area (Å²) in [5.41, 5.74) is 2.98. The molecule has 0 atom stereocenters. The lowest BCUT2D eigenvalue weighted by molar-refractivity contribution is -0.143. The highest BCUT2D eigenvalue weighted by molar-refractivity contribution is 7.13. The van der Waals surface area contributed by atoms with Crippen LogP contribution in [0.3, 0.4) is 0 Å². The van der Waals surface area contributed by atoms with Gasteiger partial charge in [0.2, 0.25) is 0 Å². The largest absolute Gasteiger partial charge is 0.493 e. The van der Waals surface area contributed by atoms with Gasteiger partial charge in [0.05, 0.1) is 19.9 Å². The van der Waals surface area contributed by atoms with Crippen molar-refractivity contribution in [1.82, 2.24) is 10.3 Å². The van der Waals surface area contributed by atoms with E-state index >= 15 is 0 Å². The van der Waals surface area contributed by atoms with Gasteiger partial charge in [-0.05, 0) is 37.3 Å². The Morgan fingerprint density at radius 3 is 2.60 bits per heavy atom. The third kappa shape index (κ3) is 5.36. The molecule has 0 spiro atoms. The van der Waals surface area contributed by atoms with Gasteiger partial charge in [0, 0.05) is 16.5 Å². The average Bonchev–Trinajstić information content (AvgIpc) is 3.24. The van der Waals surface area contributed by atoms with Gasteiger partial charge in [-0.3, -0.25) is 9.59 Å². The number of carbonyl (C=O) groups is 2. The summed E-state index contributed by atoms with van der Waals surface area (Å²) in [7, 11) is 3.16. The first kappa shape index (κ1) is 21.3. The summed E-state index contributed by atoms with van der Waals surface area (Å²) in [5, 5.41) is 5.16. The van der Waals surface area contributed by atoms with Crippen LogP contribution in [0.5, 0.6) is 11.5 Å². The lowest BCUT2D eigenvalue weighted by Crippen LogP contribution is -2.30. The van der Waals surface area contributed by atoms with Gasteiger partial charge in [-0.25, -0.2) is 4.98 Å². The second-order valence-corrected chi connectivity index (χ2v) is 7.28. The summed E-state index contributed by atoms with van der Waals surface area (Å²) in [6.45, 7) is 1.72. The van der Waals surface area contributed by atoms with Gasteiger partial charge in [0.1, 0.15) is 18.2 Å². The molecular weight excluding hydrogens is 404 g/mol. The lowest BCUT2D eigenvalue weighted by Gasteiger charge is -2.08. The minimum Gasteiger partial charge on any atom is -0.493 e. The number of hydrogen-bond acceptors (Lipinski definition) is 7. The number of benzene rings is 2. The lowest BCUT2D eigenvalue weighted by atomic mass is 10.1. The van der Waals surface area contributed by atoms with Gasteiger partial charge < -0.3 is 19.5 Å². The summed E-state index contributed by atoms with van der Waals surface area (Å²) in [6.07, 6.45) is 0. The van der Waals surface area contributed by atoms with E-state index in [-0.39, 0.29) is 19.1 Å². The molecule has 3 aromatic rings. The Morgan fingerprint density at radius 2 is 1.87 bits per heavy atom. The molecule has 1 N–H and O–H groups in total. The minimum atomic E-state index is -0.531.